The number of hydrogen-bond donors (Lipinski definition) is 2. The van der Waals surface area contributed by atoms with E-state index in [2.05, 4.69) is 36.6 Å². The van der Waals surface area contributed by atoms with Crippen molar-refractivity contribution in [3.05, 3.63) is 29.8 Å². The van der Waals surface area contributed by atoms with Gasteiger partial charge in [-0.3, -0.25) is 0 Å². The quantitative estimate of drug-likeness (QED) is 0.791. The van der Waals surface area contributed by atoms with Crippen LogP contribution in [0.2, 0.25) is 0 Å². The van der Waals surface area contributed by atoms with Crippen LogP contribution in [0.4, 0.5) is 5.69 Å². The van der Waals surface area contributed by atoms with Gasteiger partial charge in [0.1, 0.15) is 0 Å². The van der Waals surface area contributed by atoms with Gasteiger partial charge in [0.15, 0.2) is 5.11 Å². The second-order valence-electron chi connectivity index (χ2n) is 5.34. The second kappa shape index (κ2) is 6.19. The summed E-state index contributed by atoms with van der Waals surface area (Å²) >= 11 is 5.39. The van der Waals surface area contributed by atoms with E-state index in [0.29, 0.717) is 6.04 Å². The van der Waals surface area contributed by atoms with Crippen molar-refractivity contribution in [2.24, 2.45) is 5.92 Å². The molecule has 0 radical (unpaired) electrons. The molecule has 0 unspecified atom stereocenters. The van der Waals surface area contributed by atoms with Crippen LogP contribution in [-0.4, -0.2) is 11.2 Å². The molecule has 1 aliphatic carbocycles. The number of aryl methyl sites for hydroxylation is 1. The summed E-state index contributed by atoms with van der Waals surface area (Å²) in [6.45, 7) is 4.40. The molecule has 98 valence electrons. The highest BCUT2D eigenvalue weighted by molar-refractivity contribution is 7.80. The van der Waals surface area contributed by atoms with Gasteiger partial charge in [-0.15, -0.1) is 0 Å². The summed E-state index contributed by atoms with van der Waals surface area (Å²) in [5, 5.41) is 7.48. The molecular formula is C15H22N2S. The summed E-state index contributed by atoms with van der Waals surface area (Å²) < 4.78 is 0. The molecule has 0 bridgehead atoms. The smallest absolute Gasteiger partial charge is 0.171 e. The van der Waals surface area contributed by atoms with Crippen LogP contribution in [-0.2, 0) is 0 Å². The van der Waals surface area contributed by atoms with Crippen molar-refractivity contribution in [3.63, 3.8) is 0 Å². The van der Waals surface area contributed by atoms with Gasteiger partial charge in [0.2, 0.25) is 0 Å². The molecule has 3 heteroatoms. The third-order valence-corrected chi connectivity index (χ3v) is 3.92. The third kappa shape index (κ3) is 3.70. The Morgan fingerprint density at radius 2 is 2.06 bits per heavy atom. The molecule has 0 saturated heterocycles. The first kappa shape index (κ1) is 13.3. The molecular weight excluding hydrogens is 240 g/mol. The van der Waals surface area contributed by atoms with E-state index in [1.165, 1.54) is 31.2 Å². The molecule has 2 nitrogen and oxygen atoms in total. The van der Waals surface area contributed by atoms with Crippen LogP contribution in [0.25, 0.3) is 0 Å². The molecule has 2 N–H and O–H groups in total. The summed E-state index contributed by atoms with van der Waals surface area (Å²) in [5.74, 6) is 0.719. The van der Waals surface area contributed by atoms with Crippen LogP contribution in [0.3, 0.4) is 0 Å². The molecule has 1 fully saturated rings. The Morgan fingerprint density at radius 1 is 1.28 bits per heavy atom. The largest absolute Gasteiger partial charge is 0.359 e. The van der Waals surface area contributed by atoms with Gasteiger partial charge in [-0.05, 0) is 55.6 Å². The van der Waals surface area contributed by atoms with E-state index in [4.69, 9.17) is 12.2 Å². The molecule has 1 aliphatic rings. The molecule has 18 heavy (non-hydrogen) atoms. The van der Waals surface area contributed by atoms with Gasteiger partial charge in [0.25, 0.3) is 0 Å². The van der Waals surface area contributed by atoms with Crippen LogP contribution < -0.4 is 10.6 Å². The van der Waals surface area contributed by atoms with Crippen molar-refractivity contribution in [2.75, 3.05) is 5.32 Å². The summed E-state index contributed by atoms with van der Waals surface area (Å²) in [6, 6.07) is 8.82. The van der Waals surface area contributed by atoms with Crippen molar-refractivity contribution in [1.29, 1.82) is 0 Å². The summed E-state index contributed by atoms with van der Waals surface area (Å²) in [6.07, 6.45) is 5.22. The fourth-order valence-corrected chi connectivity index (χ4v) is 2.86. The number of thiocarbonyl (C=S) groups is 1. The fourth-order valence-electron chi connectivity index (χ4n) is 2.59. The SMILES string of the molecule is Cc1cccc(NC(=S)N[C@@H]2CCCC[C@@H]2C)c1. The maximum Gasteiger partial charge on any atom is 0.171 e. The topological polar surface area (TPSA) is 24.1 Å². The van der Waals surface area contributed by atoms with E-state index in [1.807, 2.05) is 12.1 Å². The standard InChI is InChI=1S/C15H22N2S/c1-11-6-5-8-13(10-11)16-15(18)17-14-9-4-3-7-12(14)2/h5-6,8,10,12,14H,3-4,7,9H2,1-2H3,(H2,16,17,18)/t12-,14+/m0/s1. The number of rotatable bonds is 2. The summed E-state index contributed by atoms with van der Waals surface area (Å²) in [4.78, 5) is 0. The molecule has 1 saturated carbocycles. The zero-order valence-corrected chi connectivity index (χ0v) is 12.0. The van der Waals surface area contributed by atoms with Gasteiger partial charge < -0.3 is 10.6 Å². The summed E-state index contributed by atoms with van der Waals surface area (Å²) in [5.41, 5.74) is 2.31. The molecule has 0 aliphatic heterocycles. The average molecular weight is 262 g/mol. The third-order valence-electron chi connectivity index (χ3n) is 3.70. The van der Waals surface area contributed by atoms with E-state index in [9.17, 15) is 0 Å². The van der Waals surface area contributed by atoms with Crippen molar-refractivity contribution < 1.29 is 0 Å². The monoisotopic (exact) mass is 262 g/mol. The van der Waals surface area contributed by atoms with Crippen LogP contribution in [0.1, 0.15) is 38.2 Å². The maximum absolute atomic E-state index is 5.39. The predicted molar refractivity (Wildman–Crippen MR) is 82.0 cm³/mol. The van der Waals surface area contributed by atoms with Crippen molar-refractivity contribution in [1.82, 2.24) is 5.32 Å². The Hall–Kier alpha value is -1.09. The van der Waals surface area contributed by atoms with Gasteiger partial charge in [0.05, 0.1) is 0 Å². The molecule has 0 heterocycles. The van der Waals surface area contributed by atoms with E-state index < -0.39 is 0 Å². The van der Waals surface area contributed by atoms with Crippen LogP contribution >= 0.6 is 12.2 Å². The Labute approximate surface area is 115 Å². The van der Waals surface area contributed by atoms with Gasteiger partial charge >= 0.3 is 0 Å². The first-order valence-electron chi connectivity index (χ1n) is 6.79. The number of nitrogens with one attached hydrogen (secondary N) is 2. The second-order valence-corrected chi connectivity index (χ2v) is 5.74. The number of benzene rings is 1. The predicted octanol–water partition coefficient (Wildman–Crippen LogP) is 3.86. The van der Waals surface area contributed by atoms with Gasteiger partial charge in [-0.1, -0.05) is 31.9 Å². The minimum Gasteiger partial charge on any atom is -0.359 e. The van der Waals surface area contributed by atoms with Crippen LogP contribution in [0.15, 0.2) is 24.3 Å². The van der Waals surface area contributed by atoms with E-state index in [1.54, 1.807) is 0 Å². The van der Waals surface area contributed by atoms with Gasteiger partial charge in [-0.2, -0.15) is 0 Å². The minimum absolute atomic E-state index is 0.531. The number of hydrogen-bond acceptors (Lipinski definition) is 1. The fraction of sp³-hybridized carbons (Fsp3) is 0.533. The van der Waals surface area contributed by atoms with E-state index in [0.717, 1.165) is 16.7 Å². The highest BCUT2D eigenvalue weighted by atomic mass is 32.1. The van der Waals surface area contributed by atoms with Gasteiger partial charge in [0, 0.05) is 11.7 Å². The lowest BCUT2D eigenvalue weighted by atomic mass is 9.86. The Morgan fingerprint density at radius 3 is 2.78 bits per heavy atom. The highest BCUT2D eigenvalue weighted by Gasteiger charge is 2.21. The van der Waals surface area contributed by atoms with Crippen LogP contribution in [0.5, 0.6) is 0 Å². The molecule has 1 aromatic rings. The average Bonchev–Trinajstić information content (AvgIpc) is 2.32. The van der Waals surface area contributed by atoms with Crippen molar-refractivity contribution in [3.8, 4) is 0 Å². The van der Waals surface area contributed by atoms with Crippen molar-refractivity contribution in [2.45, 2.75) is 45.6 Å². The lowest BCUT2D eigenvalue weighted by Gasteiger charge is -2.30. The normalized spacial score (nSPS) is 23.4. The lowest BCUT2D eigenvalue weighted by Crippen LogP contribution is -2.43. The lowest BCUT2D eigenvalue weighted by molar-refractivity contribution is 0.309. The molecule has 0 aromatic heterocycles. The Kier molecular flexibility index (Phi) is 4.59. The van der Waals surface area contributed by atoms with E-state index >= 15 is 0 Å². The summed E-state index contributed by atoms with van der Waals surface area (Å²) in [7, 11) is 0. The maximum atomic E-state index is 5.39. The van der Waals surface area contributed by atoms with Gasteiger partial charge in [-0.25, -0.2) is 0 Å². The molecule has 0 amide bonds. The van der Waals surface area contributed by atoms with Crippen molar-refractivity contribution >= 4 is 23.0 Å². The zero-order chi connectivity index (χ0) is 13.0. The zero-order valence-electron chi connectivity index (χ0n) is 11.2. The molecule has 1 aromatic carbocycles. The highest BCUT2D eigenvalue weighted by Crippen LogP contribution is 2.23. The first-order valence-corrected chi connectivity index (χ1v) is 7.20. The van der Waals surface area contributed by atoms with Crippen LogP contribution in [0, 0.1) is 12.8 Å². The van der Waals surface area contributed by atoms with E-state index in [-0.39, 0.29) is 0 Å². The first-order chi connectivity index (χ1) is 8.65. The molecule has 0 spiro atoms. The Balaban J connectivity index is 1.88. The molecule has 2 rings (SSSR count). The molecule has 2 atom stereocenters. The minimum atomic E-state index is 0.531. The number of anilines is 1. The Bertz CT molecular complexity index is 417.